The number of likely N-dealkylation sites (tertiary alicyclic amines) is 1. The van der Waals surface area contributed by atoms with E-state index in [4.69, 9.17) is 0 Å². The highest BCUT2D eigenvalue weighted by Crippen LogP contribution is 2.20. The molecule has 1 aliphatic heterocycles. The van der Waals surface area contributed by atoms with Gasteiger partial charge in [-0.2, -0.15) is 0 Å². The molecule has 1 aliphatic rings. The van der Waals surface area contributed by atoms with Gasteiger partial charge >= 0.3 is 0 Å². The molecule has 1 unspecified atom stereocenters. The molecule has 20 heavy (non-hydrogen) atoms. The molecule has 1 saturated heterocycles. The first kappa shape index (κ1) is 15.0. The molecule has 1 atom stereocenters. The molecule has 1 aromatic carbocycles. The van der Waals surface area contributed by atoms with Crippen LogP contribution >= 0.6 is 0 Å². The average Bonchev–Trinajstić information content (AvgIpc) is 2.69. The molecule has 1 N–H and O–H groups in total. The maximum absolute atomic E-state index is 12.9. The highest BCUT2D eigenvalue weighted by atomic mass is 16.2. The van der Waals surface area contributed by atoms with Crippen LogP contribution in [-0.2, 0) is 6.42 Å². The molecule has 0 bridgehead atoms. The molecular weight excluding hydrogens is 248 g/mol. The van der Waals surface area contributed by atoms with Gasteiger partial charge in [0.25, 0.3) is 5.91 Å². The van der Waals surface area contributed by atoms with E-state index in [2.05, 4.69) is 23.2 Å². The fourth-order valence-electron chi connectivity index (χ4n) is 2.94. The number of carbonyl (C=O) groups is 1. The third-order valence-electron chi connectivity index (χ3n) is 4.21. The summed E-state index contributed by atoms with van der Waals surface area (Å²) in [6.45, 7) is 3.99. The molecule has 1 heterocycles. The first-order valence-electron chi connectivity index (χ1n) is 7.77. The lowest BCUT2D eigenvalue weighted by molar-refractivity contribution is 0.0697. The van der Waals surface area contributed by atoms with Gasteiger partial charge in [0.2, 0.25) is 0 Å². The van der Waals surface area contributed by atoms with E-state index in [1.54, 1.807) is 0 Å². The lowest BCUT2D eigenvalue weighted by Crippen LogP contribution is -2.38. The van der Waals surface area contributed by atoms with Crippen molar-refractivity contribution in [1.82, 2.24) is 10.2 Å². The molecule has 3 heteroatoms. The summed E-state index contributed by atoms with van der Waals surface area (Å²) in [6.07, 6.45) is 5.65. The second-order valence-electron chi connectivity index (χ2n) is 5.71. The molecule has 3 nitrogen and oxygen atoms in total. The molecule has 110 valence electrons. The van der Waals surface area contributed by atoms with E-state index in [9.17, 15) is 4.79 Å². The van der Waals surface area contributed by atoms with E-state index in [0.29, 0.717) is 6.04 Å². The third-order valence-corrected chi connectivity index (χ3v) is 4.21. The Balaban J connectivity index is 2.18. The Morgan fingerprint density at radius 3 is 2.90 bits per heavy atom. The van der Waals surface area contributed by atoms with E-state index in [-0.39, 0.29) is 5.91 Å². The highest BCUT2D eigenvalue weighted by Gasteiger charge is 2.24. The summed E-state index contributed by atoms with van der Waals surface area (Å²) in [7, 11) is 1.95. The van der Waals surface area contributed by atoms with E-state index in [0.717, 1.165) is 43.5 Å². The van der Waals surface area contributed by atoms with Crippen LogP contribution in [0.25, 0.3) is 0 Å². The van der Waals surface area contributed by atoms with E-state index in [1.165, 1.54) is 12.8 Å². The molecule has 0 saturated carbocycles. The number of hydrogen-bond donors (Lipinski definition) is 1. The van der Waals surface area contributed by atoms with Gasteiger partial charge in [0.15, 0.2) is 0 Å². The summed E-state index contributed by atoms with van der Waals surface area (Å²) in [6, 6.07) is 8.41. The van der Waals surface area contributed by atoms with Gasteiger partial charge in [-0.25, -0.2) is 0 Å². The van der Waals surface area contributed by atoms with Crippen LogP contribution in [0.1, 0.15) is 48.5 Å². The Morgan fingerprint density at radius 1 is 1.30 bits per heavy atom. The molecule has 0 spiro atoms. The van der Waals surface area contributed by atoms with Gasteiger partial charge in [0.05, 0.1) is 0 Å². The summed E-state index contributed by atoms with van der Waals surface area (Å²) in [4.78, 5) is 14.9. The van der Waals surface area contributed by atoms with Crippen molar-refractivity contribution in [2.45, 2.75) is 45.1 Å². The van der Waals surface area contributed by atoms with Gasteiger partial charge in [0.1, 0.15) is 0 Å². The van der Waals surface area contributed by atoms with Crippen LogP contribution in [0.4, 0.5) is 0 Å². The van der Waals surface area contributed by atoms with Crippen molar-refractivity contribution in [2.75, 3.05) is 20.1 Å². The zero-order valence-corrected chi connectivity index (χ0v) is 12.7. The Morgan fingerprint density at radius 2 is 2.10 bits per heavy atom. The average molecular weight is 274 g/mol. The molecule has 0 aromatic heterocycles. The number of benzene rings is 1. The van der Waals surface area contributed by atoms with Crippen LogP contribution in [-0.4, -0.2) is 37.0 Å². The summed E-state index contributed by atoms with van der Waals surface area (Å²) in [5.74, 6) is 0.214. The minimum absolute atomic E-state index is 0.214. The maximum atomic E-state index is 12.9. The molecule has 1 amide bonds. The summed E-state index contributed by atoms with van der Waals surface area (Å²) in [5.41, 5.74) is 2.04. The van der Waals surface area contributed by atoms with Gasteiger partial charge in [0, 0.05) is 18.2 Å². The number of hydrogen-bond acceptors (Lipinski definition) is 2. The number of nitrogens with one attached hydrogen (secondary N) is 1. The Kier molecular flexibility index (Phi) is 5.60. The third kappa shape index (κ3) is 3.60. The smallest absolute Gasteiger partial charge is 0.254 e. The SMILES string of the molecule is CNCCc1ccccc1C(=O)N1CCCCCC1C. The highest BCUT2D eigenvalue weighted by molar-refractivity contribution is 5.96. The van der Waals surface area contributed by atoms with Gasteiger partial charge < -0.3 is 10.2 Å². The van der Waals surface area contributed by atoms with Crippen molar-refractivity contribution >= 4 is 5.91 Å². The fraction of sp³-hybridized carbons (Fsp3) is 0.588. The monoisotopic (exact) mass is 274 g/mol. The molecule has 1 aromatic rings. The number of carbonyl (C=O) groups excluding carboxylic acids is 1. The number of nitrogens with zero attached hydrogens (tertiary/aromatic N) is 1. The fourth-order valence-corrected chi connectivity index (χ4v) is 2.94. The van der Waals surface area contributed by atoms with Gasteiger partial charge in [-0.1, -0.05) is 31.0 Å². The zero-order chi connectivity index (χ0) is 14.4. The minimum Gasteiger partial charge on any atom is -0.336 e. The Bertz CT molecular complexity index is 444. The lowest BCUT2D eigenvalue weighted by Gasteiger charge is -2.28. The lowest BCUT2D eigenvalue weighted by atomic mass is 10.0. The summed E-state index contributed by atoms with van der Waals surface area (Å²) >= 11 is 0. The van der Waals surface area contributed by atoms with Gasteiger partial charge in [-0.05, 0) is 51.4 Å². The van der Waals surface area contributed by atoms with Crippen LogP contribution in [0.15, 0.2) is 24.3 Å². The molecule has 0 aliphatic carbocycles. The van der Waals surface area contributed by atoms with Crippen LogP contribution in [0.5, 0.6) is 0 Å². The van der Waals surface area contributed by atoms with Crippen LogP contribution in [0, 0.1) is 0 Å². The van der Waals surface area contributed by atoms with Crippen LogP contribution in [0.2, 0.25) is 0 Å². The van der Waals surface area contributed by atoms with E-state index < -0.39 is 0 Å². The van der Waals surface area contributed by atoms with Crippen LogP contribution < -0.4 is 5.32 Å². The number of likely N-dealkylation sites (N-methyl/N-ethyl adjacent to an activating group) is 1. The Labute approximate surface area is 122 Å². The largest absolute Gasteiger partial charge is 0.336 e. The molecule has 2 rings (SSSR count). The molecule has 0 radical (unpaired) electrons. The number of rotatable bonds is 4. The van der Waals surface area contributed by atoms with Crippen molar-refractivity contribution in [1.29, 1.82) is 0 Å². The van der Waals surface area contributed by atoms with Crippen LogP contribution in [0.3, 0.4) is 0 Å². The second kappa shape index (κ2) is 7.44. The van der Waals surface area contributed by atoms with Crippen molar-refractivity contribution in [3.63, 3.8) is 0 Å². The summed E-state index contributed by atoms with van der Waals surface area (Å²) < 4.78 is 0. The van der Waals surface area contributed by atoms with E-state index >= 15 is 0 Å². The number of amides is 1. The predicted octanol–water partition coefficient (Wildman–Crippen LogP) is 2.85. The zero-order valence-electron chi connectivity index (χ0n) is 12.7. The molecular formula is C17H26N2O. The molecule has 1 fully saturated rings. The first-order valence-corrected chi connectivity index (χ1v) is 7.77. The van der Waals surface area contributed by atoms with Gasteiger partial charge in [-0.3, -0.25) is 4.79 Å². The van der Waals surface area contributed by atoms with Crippen molar-refractivity contribution in [3.05, 3.63) is 35.4 Å². The first-order chi connectivity index (χ1) is 9.74. The normalized spacial score (nSPS) is 19.7. The quantitative estimate of drug-likeness (QED) is 0.915. The Hall–Kier alpha value is -1.35. The standard InChI is InChI=1S/C17H26N2O/c1-14-8-4-3-7-13-19(14)17(20)16-10-6-5-9-15(16)11-12-18-2/h5-6,9-10,14,18H,3-4,7-8,11-13H2,1-2H3. The van der Waals surface area contributed by atoms with E-state index in [1.807, 2.05) is 25.2 Å². The second-order valence-corrected chi connectivity index (χ2v) is 5.71. The topological polar surface area (TPSA) is 32.3 Å². The van der Waals surface area contributed by atoms with Crippen molar-refractivity contribution < 1.29 is 4.79 Å². The minimum atomic E-state index is 0.214. The maximum Gasteiger partial charge on any atom is 0.254 e. The van der Waals surface area contributed by atoms with Gasteiger partial charge in [-0.15, -0.1) is 0 Å². The van der Waals surface area contributed by atoms with Crippen molar-refractivity contribution in [3.8, 4) is 0 Å². The summed E-state index contributed by atoms with van der Waals surface area (Å²) in [5, 5.41) is 3.16. The van der Waals surface area contributed by atoms with Crippen molar-refractivity contribution in [2.24, 2.45) is 0 Å². The predicted molar refractivity (Wildman–Crippen MR) is 83.0 cm³/mol.